The third kappa shape index (κ3) is 1.31. The highest BCUT2D eigenvalue weighted by molar-refractivity contribution is 5.91. The molecule has 1 aliphatic heterocycles. The van der Waals surface area contributed by atoms with Gasteiger partial charge in [0.15, 0.2) is 0 Å². The molecule has 0 amide bonds. The maximum absolute atomic E-state index is 11.1. The highest BCUT2D eigenvalue weighted by atomic mass is 16.5. The number of carboxylic acids is 1. The summed E-state index contributed by atoms with van der Waals surface area (Å²) in [5.41, 5.74) is 1.41. The first-order chi connectivity index (χ1) is 7.77. The van der Waals surface area contributed by atoms with Crippen LogP contribution in [0.5, 0.6) is 5.75 Å². The minimum Gasteiger partial charge on any atom is -0.489 e. The quantitative estimate of drug-likeness (QED) is 0.788. The summed E-state index contributed by atoms with van der Waals surface area (Å²) in [5, 5.41) is 9.10. The van der Waals surface area contributed by atoms with E-state index in [9.17, 15) is 4.79 Å². The molecule has 2 aliphatic rings. The van der Waals surface area contributed by atoms with E-state index in [0.29, 0.717) is 17.2 Å². The van der Waals surface area contributed by atoms with E-state index < -0.39 is 5.97 Å². The summed E-state index contributed by atoms with van der Waals surface area (Å²) < 4.78 is 5.82. The molecule has 3 heteroatoms. The van der Waals surface area contributed by atoms with Gasteiger partial charge in [0.25, 0.3) is 0 Å². The summed E-state index contributed by atoms with van der Waals surface area (Å²) >= 11 is 0. The van der Waals surface area contributed by atoms with Gasteiger partial charge in [-0.3, -0.25) is 0 Å². The molecule has 3 nitrogen and oxygen atoms in total. The standard InChI is InChI=1S/C13H14O3/c14-13(15)10-6-3-5-9-8-4-1-2-7-11(8)16-12(9)10/h3,5-6,8,11H,1-2,4,7H2,(H,14,15)/t8-,11+/m0/s1. The van der Waals surface area contributed by atoms with Gasteiger partial charge in [-0.15, -0.1) is 0 Å². The first-order valence-electron chi connectivity index (χ1n) is 5.80. The van der Waals surface area contributed by atoms with Gasteiger partial charge in [-0.2, -0.15) is 0 Å². The average molecular weight is 218 g/mol. The highest BCUT2D eigenvalue weighted by Gasteiger charge is 2.37. The van der Waals surface area contributed by atoms with Crippen molar-refractivity contribution >= 4 is 5.97 Å². The molecule has 1 aromatic carbocycles. The SMILES string of the molecule is O=C(O)c1cccc2c1O[C@@H]1CCCC[C@@H]21. The number of benzene rings is 1. The van der Waals surface area contributed by atoms with Crippen LogP contribution >= 0.6 is 0 Å². The number of hydrogen-bond acceptors (Lipinski definition) is 2. The highest BCUT2D eigenvalue weighted by Crippen LogP contribution is 2.46. The first kappa shape index (κ1) is 9.70. The van der Waals surface area contributed by atoms with Crippen molar-refractivity contribution in [1.82, 2.24) is 0 Å². The number of ether oxygens (including phenoxy) is 1. The van der Waals surface area contributed by atoms with Gasteiger partial charge in [-0.1, -0.05) is 18.6 Å². The minimum absolute atomic E-state index is 0.212. The molecule has 2 atom stereocenters. The molecule has 1 N–H and O–H groups in total. The summed E-state index contributed by atoms with van der Waals surface area (Å²) in [7, 11) is 0. The summed E-state index contributed by atoms with van der Waals surface area (Å²) in [6, 6.07) is 5.46. The van der Waals surface area contributed by atoms with E-state index in [2.05, 4.69) is 0 Å². The molecule has 0 radical (unpaired) electrons. The second-order valence-electron chi connectivity index (χ2n) is 4.58. The second-order valence-corrected chi connectivity index (χ2v) is 4.58. The zero-order valence-corrected chi connectivity index (χ0v) is 8.98. The van der Waals surface area contributed by atoms with E-state index >= 15 is 0 Å². The first-order valence-corrected chi connectivity index (χ1v) is 5.80. The van der Waals surface area contributed by atoms with Crippen LogP contribution in [0.2, 0.25) is 0 Å². The van der Waals surface area contributed by atoms with Crippen molar-refractivity contribution in [3.05, 3.63) is 29.3 Å². The number of hydrogen-bond donors (Lipinski definition) is 1. The topological polar surface area (TPSA) is 46.5 Å². The number of fused-ring (bicyclic) bond motifs is 3. The van der Waals surface area contributed by atoms with Crippen LogP contribution in [0.1, 0.15) is 47.5 Å². The van der Waals surface area contributed by atoms with Crippen LogP contribution in [0.3, 0.4) is 0 Å². The fourth-order valence-electron chi connectivity index (χ4n) is 2.89. The summed E-state index contributed by atoms with van der Waals surface area (Å²) in [5.74, 6) is 0.144. The number of para-hydroxylation sites is 1. The molecule has 1 saturated carbocycles. The number of rotatable bonds is 1. The zero-order chi connectivity index (χ0) is 11.1. The molecule has 16 heavy (non-hydrogen) atoms. The van der Waals surface area contributed by atoms with Gasteiger partial charge < -0.3 is 9.84 Å². The molecule has 1 aliphatic carbocycles. The van der Waals surface area contributed by atoms with Crippen molar-refractivity contribution in [1.29, 1.82) is 0 Å². The van der Waals surface area contributed by atoms with Gasteiger partial charge in [0.1, 0.15) is 17.4 Å². The molecule has 84 valence electrons. The second kappa shape index (κ2) is 3.51. The third-order valence-electron chi connectivity index (χ3n) is 3.65. The molecule has 0 saturated heterocycles. The van der Waals surface area contributed by atoms with Gasteiger partial charge >= 0.3 is 5.97 Å². The lowest BCUT2D eigenvalue weighted by molar-refractivity contribution is 0.0689. The smallest absolute Gasteiger partial charge is 0.339 e. The number of aromatic carboxylic acids is 1. The molecule has 0 spiro atoms. The van der Waals surface area contributed by atoms with E-state index in [1.54, 1.807) is 6.07 Å². The lowest BCUT2D eigenvalue weighted by Gasteiger charge is -2.23. The molecule has 3 rings (SSSR count). The lowest BCUT2D eigenvalue weighted by atomic mass is 9.83. The molecule has 1 fully saturated rings. The maximum atomic E-state index is 11.1. The van der Waals surface area contributed by atoms with Crippen molar-refractivity contribution in [3.63, 3.8) is 0 Å². The molecule has 0 aromatic heterocycles. The van der Waals surface area contributed by atoms with Crippen LogP contribution < -0.4 is 4.74 Å². The van der Waals surface area contributed by atoms with Gasteiger partial charge in [-0.05, 0) is 25.3 Å². The summed E-state index contributed by atoms with van der Waals surface area (Å²) in [6.07, 6.45) is 4.81. The van der Waals surface area contributed by atoms with Crippen LogP contribution in [-0.2, 0) is 0 Å². The van der Waals surface area contributed by atoms with E-state index in [1.165, 1.54) is 12.8 Å². The van der Waals surface area contributed by atoms with Gasteiger partial charge in [0, 0.05) is 11.5 Å². The van der Waals surface area contributed by atoms with Crippen LogP contribution in [-0.4, -0.2) is 17.2 Å². The van der Waals surface area contributed by atoms with Crippen LogP contribution in [0.25, 0.3) is 0 Å². The van der Waals surface area contributed by atoms with Crippen molar-refractivity contribution in [2.75, 3.05) is 0 Å². The number of carboxylic acid groups (broad SMARTS) is 1. The predicted octanol–water partition coefficient (Wildman–Crippen LogP) is 2.80. The molecular formula is C13H14O3. The predicted molar refractivity (Wildman–Crippen MR) is 59.0 cm³/mol. The van der Waals surface area contributed by atoms with E-state index in [-0.39, 0.29) is 6.10 Å². The van der Waals surface area contributed by atoms with Crippen molar-refractivity contribution < 1.29 is 14.6 Å². The van der Waals surface area contributed by atoms with Crippen molar-refractivity contribution in [3.8, 4) is 5.75 Å². The Balaban J connectivity index is 2.07. The van der Waals surface area contributed by atoms with Gasteiger partial charge in [0.05, 0.1) is 0 Å². The third-order valence-corrected chi connectivity index (χ3v) is 3.65. The van der Waals surface area contributed by atoms with Crippen LogP contribution in [0.4, 0.5) is 0 Å². The largest absolute Gasteiger partial charge is 0.489 e. The Morgan fingerprint density at radius 1 is 1.31 bits per heavy atom. The Hall–Kier alpha value is -1.51. The Morgan fingerprint density at radius 3 is 2.94 bits per heavy atom. The molecule has 1 aromatic rings. The van der Waals surface area contributed by atoms with E-state index in [0.717, 1.165) is 18.4 Å². The van der Waals surface area contributed by atoms with Crippen molar-refractivity contribution in [2.45, 2.75) is 37.7 Å². The van der Waals surface area contributed by atoms with Crippen molar-refractivity contribution in [2.24, 2.45) is 0 Å². The maximum Gasteiger partial charge on any atom is 0.339 e. The monoisotopic (exact) mass is 218 g/mol. The fourth-order valence-corrected chi connectivity index (χ4v) is 2.89. The Labute approximate surface area is 94.0 Å². The van der Waals surface area contributed by atoms with Gasteiger partial charge in [-0.25, -0.2) is 4.79 Å². The fraction of sp³-hybridized carbons (Fsp3) is 0.462. The van der Waals surface area contributed by atoms with Crippen LogP contribution in [0.15, 0.2) is 18.2 Å². The number of carbonyl (C=O) groups is 1. The zero-order valence-electron chi connectivity index (χ0n) is 8.98. The molecule has 1 heterocycles. The van der Waals surface area contributed by atoms with Crippen LogP contribution in [0, 0.1) is 0 Å². The Morgan fingerprint density at radius 2 is 2.12 bits per heavy atom. The van der Waals surface area contributed by atoms with Gasteiger partial charge in [0.2, 0.25) is 0 Å². The normalized spacial score (nSPS) is 26.8. The molecule has 0 unspecified atom stereocenters. The Kier molecular flexibility index (Phi) is 2.13. The Bertz CT molecular complexity index is 439. The van der Waals surface area contributed by atoms with E-state index in [4.69, 9.17) is 9.84 Å². The summed E-state index contributed by atoms with van der Waals surface area (Å²) in [6.45, 7) is 0. The summed E-state index contributed by atoms with van der Waals surface area (Å²) in [4.78, 5) is 11.1. The van der Waals surface area contributed by atoms with E-state index in [1.807, 2.05) is 12.1 Å². The lowest BCUT2D eigenvalue weighted by Crippen LogP contribution is -2.22. The molecular weight excluding hydrogens is 204 g/mol. The minimum atomic E-state index is -0.893. The average Bonchev–Trinajstić information content (AvgIpc) is 2.67. The molecule has 0 bridgehead atoms.